The van der Waals surface area contributed by atoms with Crippen LogP contribution in [-0.2, 0) is 9.59 Å². The maximum Gasteiger partial charge on any atom is 0.339 e. The summed E-state index contributed by atoms with van der Waals surface area (Å²) in [4.78, 5) is 32.1. The Bertz CT molecular complexity index is 7110. The highest BCUT2D eigenvalue weighted by Crippen LogP contribution is 2.44. The van der Waals surface area contributed by atoms with Crippen LogP contribution in [0, 0.1) is 17.3 Å². The summed E-state index contributed by atoms with van der Waals surface area (Å²) >= 11 is 0. The number of hydrogen-bond donors (Lipinski definition) is 0. The topological polar surface area (TPSA) is 74.1 Å². The van der Waals surface area contributed by atoms with Gasteiger partial charge in [-0.05, 0) is 154 Å². The molecule has 105 heavy (non-hydrogen) atoms. The first-order chi connectivity index (χ1) is 51.9. The van der Waals surface area contributed by atoms with Crippen LogP contribution in [-0.4, -0.2) is 26.9 Å². The summed E-state index contributed by atoms with van der Waals surface area (Å²) in [6, 6.07) is 7.27. The molecule has 1 aliphatic rings. The number of fused-ring (bicyclic) bond motifs is 1. The Hall–Kier alpha value is -19.9. The summed E-state index contributed by atoms with van der Waals surface area (Å²) in [6.45, 7) is 12.3. The molecule has 0 fully saturated rings. The number of rotatable bonds is 6. The Labute approximate surface area is 602 Å². The number of hydrogen-bond acceptors (Lipinski definition) is 5. The van der Waals surface area contributed by atoms with Crippen LogP contribution in [0.1, 0.15) is 40.0 Å². The molecule has 1 heterocycles. The smallest absolute Gasteiger partial charge is 0.317 e. The molecule has 0 spiro atoms. The third-order valence-electron chi connectivity index (χ3n) is 9.85. The lowest BCUT2D eigenvalue weighted by atomic mass is 9.68. The van der Waals surface area contributed by atoms with Crippen molar-refractivity contribution in [3.8, 4) is 0 Å². The number of ketones is 1. The molecule has 1 aromatic heterocycles. The monoisotopic (exact) mass is 1310 g/mol. The SMILES string of the molecule is C=C=C=C=C=C=C=C=C=C=C=C=C=C=C=C=C=C=C=C=C=C=C=C=C=C=C=C=C=C=C=C=C=C=C=C=C=C=C=C=C=C=C=C=C=C=C=C=C=C=C=C=C=C=C=C=C=C=C=C=C=C=C=C=C=C=C=C=C=C=C=C=C=C=C=C=C=C=C=C.CC(=O)C1([C@@H](CC(C)C)C(=O)On2nnc3ccccc32)CC=CC1. The second-order valence-corrected chi connectivity index (χ2v) is 17.0. The molecule has 0 radical (unpaired) electrons. The molecular weight excluding hydrogens is 1280 g/mol. The van der Waals surface area contributed by atoms with Crippen LogP contribution < -0.4 is 4.84 Å². The molecule has 1 aromatic carbocycles. The minimum Gasteiger partial charge on any atom is -0.317 e. The number of aromatic nitrogens is 3. The predicted octanol–water partition coefficient (Wildman–Crippen LogP) is 15.9. The van der Waals surface area contributed by atoms with E-state index in [2.05, 4.69) is 471 Å². The van der Waals surface area contributed by atoms with Crippen molar-refractivity contribution in [3.05, 3.63) is 497 Å². The first-order valence-electron chi connectivity index (χ1n) is 28.6. The molecule has 2 aromatic rings. The normalized spacial score (nSPS) is 7.09. The summed E-state index contributed by atoms with van der Waals surface area (Å²) in [6.07, 6.45) is 5.70. The van der Waals surface area contributed by atoms with E-state index in [0.29, 0.717) is 30.3 Å². The molecule has 0 unspecified atom stereocenters. The van der Waals surface area contributed by atoms with Crippen molar-refractivity contribution >= 4 is 22.8 Å². The molecular formula is C99H27N3O3. The van der Waals surface area contributed by atoms with Gasteiger partial charge in [-0.3, -0.25) is 4.79 Å². The second-order valence-electron chi connectivity index (χ2n) is 17.0. The minimum atomic E-state index is -0.711. The number of nitrogens with zero attached hydrogens (tertiary/aromatic N) is 3. The van der Waals surface area contributed by atoms with Crippen LogP contribution in [0.5, 0.6) is 0 Å². The Kier molecular flexibility index (Phi) is 47.6. The molecule has 0 saturated heterocycles. The standard InChI is InChI=1S/C80H4.C19H23N3O3/c1-3-5-7-9-11-13-15-17-19-21-23-25-27-29-31-33-35-37-39-41-43-45-47-49-51-53-55-57-59-61-63-65-67-69-71-73-75-77-79-80-78-76-74-72-70-68-66-64-62-60-58-56-54-52-50-48-46-44-42-40-38-36-34-32-30-28-26-24-22-20-18-16-14-12-10-8-6-4-2;1-13(2)12-15(19(14(3)23)10-6-7-11-19)18(24)25-22-17-9-5-4-8-16(17)20-21-22/h1-2H2;4-9,13,15H,10-12H2,1-3H3/t;15-/m.0/s1. The number of benzene rings is 1. The maximum absolute atomic E-state index is 13.0. The van der Waals surface area contributed by atoms with E-state index in [1.54, 1.807) is 19.1 Å². The largest absolute Gasteiger partial charge is 0.339 e. The van der Waals surface area contributed by atoms with Gasteiger partial charge in [-0.1, -0.05) is 54.4 Å². The van der Waals surface area contributed by atoms with Crippen molar-refractivity contribution in [2.45, 2.75) is 40.0 Å². The van der Waals surface area contributed by atoms with Gasteiger partial charge in [0.25, 0.3) is 0 Å². The average molecular weight is 1310 g/mol. The van der Waals surface area contributed by atoms with Gasteiger partial charge in [-0.2, -0.15) is 0 Å². The van der Waals surface area contributed by atoms with Crippen molar-refractivity contribution in [3.63, 3.8) is 0 Å². The summed E-state index contributed by atoms with van der Waals surface area (Å²) in [5, 5.41) is 7.91. The van der Waals surface area contributed by atoms with Gasteiger partial charge >= 0.3 is 5.97 Å². The molecule has 3 rings (SSSR count). The quantitative estimate of drug-likeness (QED) is 0.164. The van der Waals surface area contributed by atoms with Gasteiger partial charge in [0.15, 0.2) is 0 Å². The van der Waals surface area contributed by atoms with Crippen LogP contribution in [0.4, 0.5) is 0 Å². The van der Waals surface area contributed by atoms with Gasteiger partial charge in [0, 0.05) is 349 Å². The van der Waals surface area contributed by atoms with E-state index >= 15 is 0 Å². The fourth-order valence-corrected chi connectivity index (χ4v) is 5.97. The molecule has 6 nitrogen and oxygen atoms in total. The van der Waals surface area contributed by atoms with Crippen molar-refractivity contribution in [2.75, 3.05) is 0 Å². The van der Waals surface area contributed by atoms with E-state index in [0.717, 1.165) is 4.85 Å². The zero-order chi connectivity index (χ0) is 75.2. The number of Topliss-reactive ketones (excluding diaryl/α,β-unsaturated/α-hetero) is 1. The van der Waals surface area contributed by atoms with E-state index in [1.165, 1.54) is 0 Å². The Morgan fingerprint density at radius 1 is 0.343 bits per heavy atom. The number of para-hydroxylation sites is 1. The van der Waals surface area contributed by atoms with Crippen molar-refractivity contribution in [1.29, 1.82) is 0 Å². The number of carbonyl (C=O) groups is 2. The van der Waals surface area contributed by atoms with Crippen LogP contribution >= 0.6 is 0 Å². The van der Waals surface area contributed by atoms with E-state index < -0.39 is 17.3 Å². The fraction of sp³-hybridized carbons (Fsp3) is 0.0909. The summed E-state index contributed by atoms with van der Waals surface area (Å²) in [5.74, 6) is -0.642. The van der Waals surface area contributed by atoms with Crippen molar-refractivity contribution < 1.29 is 14.4 Å². The van der Waals surface area contributed by atoms with Gasteiger partial charge in [0.1, 0.15) is 16.8 Å². The minimum absolute atomic E-state index is 0.0311. The molecule has 456 valence electrons. The lowest BCUT2D eigenvalue weighted by Gasteiger charge is -2.34. The van der Waals surface area contributed by atoms with Gasteiger partial charge < -0.3 is 4.84 Å². The molecule has 0 amide bonds. The van der Waals surface area contributed by atoms with Crippen molar-refractivity contribution in [1.82, 2.24) is 15.2 Å². The van der Waals surface area contributed by atoms with Crippen LogP contribution in [0.25, 0.3) is 11.0 Å². The third-order valence-corrected chi connectivity index (χ3v) is 9.85. The Balaban J connectivity index is 0.00000124. The van der Waals surface area contributed by atoms with Crippen LogP contribution in [0.15, 0.2) is 497 Å². The van der Waals surface area contributed by atoms with Gasteiger partial charge in [0.05, 0.1) is 5.92 Å². The van der Waals surface area contributed by atoms with Crippen molar-refractivity contribution in [2.24, 2.45) is 17.3 Å². The van der Waals surface area contributed by atoms with Crippen LogP contribution in [0.3, 0.4) is 0 Å². The number of allylic oxidation sites excluding steroid dienone is 2. The highest BCUT2D eigenvalue weighted by atomic mass is 16.7. The lowest BCUT2D eigenvalue weighted by molar-refractivity contribution is -0.159. The zero-order valence-electron chi connectivity index (χ0n) is 55.2. The Morgan fingerprint density at radius 2 is 0.533 bits per heavy atom. The molecule has 0 saturated carbocycles. The average Bonchev–Trinajstić information content (AvgIpc) is 1.71. The second kappa shape index (κ2) is 61.6. The summed E-state index contributed by atoms with van der Waals surface area (Å²) < 4.78 is 0. The maximum atomic E-state index is 13.0. The molecule has 0 aliphatic heterocycles. The molecule has 6 heteroatoms. The zero-order valence-corrected chi connectivity index (χ0v) is 55.2. The van der Waals surface area contributed by atoms with E-state index in [4.69, 9.17) is 4.84 Å². The molecule has 1 atom stereocenters. The predicted molar refractivity (Wildman–Crippen MR) is 379 cm³/mol. The first-order valence-corrected chi connectivity index (χ1v) is 28.6. The van der Waals surface area contributed by atoms with Gasteiger partial charge in [-0.15, -0.1) is 5.10 Å². The third kappa shape index (κ3) is 46.7. The first kappa shape index (κ1) is 81.2. The van der Waals surface area contributed by atoms with E-state index in [9.17, 15) is 9.59 Å². The molecule has 1 aliphatic carbocycles. The molecule has 0 N–H and O–H groups in total. The summed E-state index contributed by atoms with van der Waals surface area (Å²) in [5.41, 5.74) is 195. The lowest BCUT2D eigenvalue weighted by Crippen LogP contribution is -2.44. The summed E-state index contributed by atoms with van der Waals surface area (Å²) in [7, 11) is 0. The molecule has 0 bridgehead atoms. The van der Waals surface area contributed by atoms with E-state index in [-0.39, 0.29) is 11.7 Å². The fourth-order valence-electron chi connectivity index (χ4n) is 5.97. The van der Waals surface area contributed by atoms with Crippen LogP contribution in [0.2, 0.25) is 0 Å². The highest BCUT2D eigenvalue weighted by molar-refractivity contribution is 5.90. The highest BCUT2D eigenvalue weighted by Gasteiger charge is 2.48. The van der Waals surface area contributed by atoms with Gasteiger partial charge in [-0.25, -0.2) is 4.79 Å². The van der Waals surface area contributed by atoms with E-state index in [1.807, 2.05) is 38.1 Å². The Morgan fingerprint density at radius 3 is 0.714 bits per heavy atom. The van der Waals surface area contributed by atoms with Gasteiger partial charge in [0.2, 0.25) is 0 Å². The number of carbonyl (C=O) groups excluding carboxylic acids is 2.